The van der Waals surface area contributed by atoms with Gasteiger partial charge in [0.1, 0.15) is 0 Å². The molecule has 86 valence electrons. The Morgan fingerprint density at radius 2 is 2.12 bits per heavy atom. The minimum absolute atomic E-state index is 0.0607. The van der Waals surface area contributed by atoms with E-state index < -0.39 is 0 Å². The van der Waals surface area contributed by atoms with E-state index in [9.17, 15) is 4.79 Å². The summed E-state index contributed by atoms with van der Waals surface area (Å²) >= 11 is 0. The molecule has 0 radical (unpaired) electrons. The number of pyridine rings is 1. The second-order valence-electron chi connectivity index (χ2n) is 4.32. The van der Waals surface area contributed by atoms with E-state index in [-0.39, 0.29) is 11.9 Å². The van der Waals surface area contributed by atoms with E-state index in [0.717, 1.165) is 16.6 Å². The molecular weight excluding hydrogens is 214 g/mol. The molecule has 1 unspecified atom stereocenters. The normalized spacial score (nSPS) is 20.2. The van der Waals surface area contributed by atoms with Gasteiger partial charge in [0.15, 0.2) is 0 Å². The number of anilines is 1. The van der Waals surface area contributed by atoms with E-state index in [0.29, 0.717) is 13.0 Å². The number of hydrogen-bond acceptors (Lipinski definition) is 3. The van der Waals surface area contributed by atoms with Crippen molar-refractivity contribution in [2.24, 2.45) is 5.73 Å². The molecule has 4 nitrogen and oxygen atoms in total. The van der Waals surface area contributed by atoms with Crippen molar-refractivity contribution in [2.75, 3.05) is 11.4 Å². The van der Waals surface area contributed by atoms with E-state index >= 15 is 0 Å². The molecule has 0 spiro atoms. The van der Waals surface area contributed by atoms with Crippen molar-refractivity contribution in [3.05, 3.63) is 36.5 Å². The van der Waals surface area contributed by atoms with Crippen LogP contribution in [-0.4, -0.2) is 23.5 Å². The van der Waals surface area contributed by atoms with Crippen LogP contribution in [0, 0.1) is 0 Å². The third-order valence-electron chi connectivity index (χ3n) is 3.07. The quantitative estimate of drug-likeness (QED) is 0.798. The third kappa shape index (κ3) is 1.66. The molecule has 1 aliphatic rings. The van der Waals surface area contributed by atoms with Crippen molar-refractivity contribution in [3.8, 4) is 0 Å². The summed E-state index contributed by atoms with van der Waals surface area (Å²) in [5.41, 5.74) is 7.63. The van der Waals surface area contributed by atoms with Gasteiger partial charge in [-0.3, -0.25) is 9.78 Å². The zero-order valence-electron chi connectivity index (χ0n) is 9.34. The lowest BCUT2D eigenvalue weighted by Gasteiger charge is -2.17. The van der Waals surface area contributed by atoms with Gasteiger partial charge in [-0.05, 0) is 12.1 Å². The summed E-state index contributed by atoms with van der Waals surface area (Å²) in [5, 5.41) is 0.998. The van der Waals surface area contributed by atoms with Crippen LogP contribution in [0.2, 0.25) is 0 Å². The number of nitrogens with two attached hydrogens (primary N) is 1. The largest absolute Gasteiger partial charge is 0.326 e. The highest BCUT2D eigenvalue weighted by Crippen LogP contribution is 2.28. The number of aromatic nitrogens is 1. The van der Waals surface area contributed by atoms with Crippen LogP contribution in [0.25, 0.3) is 10.9 Å². The molecule has 2 heterocycles. The Kier molecular flexibility index (Phi) is 2.30. The number of fused-ring (bicyclic) bond motifs is 1. The highest BCUT2D eigenvalue weighted by atomic mass is 16.2. The number of rotatable bonds is 1. The predicted molar refractivity (Wildman–Crippen MR) is 66.7 cm³/mol. The first kappa shape index (κ1) is 10.2. The highest BCUT2D eigenvalue weighted by Gasteiger charge is 2.28. The average molecular weight is 227 g/mol. The summed E-state index contributed by atoms with van der Waals surface area (Å²) in [6, 6.07) is 9.63. The number of para-hydroxylation sites is 1. The summed E-state index contributed by atoms with van der Waals surface area (Å²) in [6.07, 6.45) is 2.16. The lowest BCUT2D eigenvalue weighted by Crippen LogP contribution is -2.28. The minimum Gasteiger partial charge on any atom is -0.326 e. The molecule has 0 bridgehead atoms. The van der Waals surface area contributed by atoms with Crippen molar-refractivity contribution in [1.82, 2.24) is 4.98 Å². The van der Waals surface area contributed by atoms with Crippen LogP contribution in [0.1, 0.15) is 6.42 Å². The van der Waals surface area contributed by atoms with E-state index in [1.165, 1.54) is 0 Å². The fourth-order valence-electron chi connectivity index (χ4n) is 2.28. The molecule has 1 saturated heterocycles. The van der Waals surface area contributed by atoms with Gasteiger partial charge in [0, 0.05) is 30.6 Å². The first-order chi connectivity index (χ1) is 8.25. The predicted octanol–water partition coefficient (Wildman–Crippen LogP) is 1.30. The summed E-state index contributed by atoms with van der Waals surface area (Å²) < 4.78 is 0. The van der Waals surface area contributed by atoms with Gasteiger partial charge < -0.3 is 10.6 Å². The number of amides is 1. The van der Waals surface area contributed by atoms with Crippen LogP contribution in [0.4, 0.5) is 5.69 Å². The number of nitrogens with zero attached hydrogens (tertiary/aromatic N) is 2. The molecule has 1 fully saturated rings. The number of carbonyl (C=O) groups is 1. The van der Waals surface area contributed by atoms with Gasteiger partial charge in [0.2, 0.25) is 5.91 Å². The molecule has 4 heteroatoms. The third-order valence-corrected chi connectivity index (χ3v) is 3.07. The first-order valence-corrected chi connectivity index (χ1v) is 5.65. The van der Waals surface area contributed by atoms with E-state index in [2.05, 4.69) is 4.98 Å². The van der Waals surface area contributed by atoms with Gasteiger partial charge in [-0.1, -0.05) is 18.2 Å². The molecule has 1 aromatic carbocycles. The molecule has 2 aromatic rings. The minimum atomic E-state index is -0.0607. The maximum atomic E-state index is 11.9. The lowest BCUT2D eigenvalue weighted by atomic mass is 10.2. The van der Waals surface area contributed by atoms with Crippen LogP contribution in [0.3, 0.4) is 0 Å². The van der Waals surface area contributed by atoms with Crippen molar-refractivity contribution < 1.29 is 4.79 Å². The van der Waals surface area contributed by atoms with Crippen LogP contribution < -0.4 is 10.6 Å². The zero-order chi connectivity index (χ0) is 11.8. The van der Waals surface area contributed by atoms with Crippen molar-refractivity contribution in [3.63, 3.8) is 0 Å². The lowest BCUT2D eigenvalue weighted by molar-refractivity contribution is -0.117. The van der Waals surface area contributed by atoms with Crippen LogP contribution >= 0.6 is 0 Å². The monoisotopic (exact) mass is 227 g/mol. The van der Waals surface area contributed by atoms with E-state index in [1.807, 2.05) is 30.3 Å². The van der Waals surface area contributed by atoms with Crippen molar-refractivity contribution in [2.45, 2.75) is 12.5 Å². The van der Waals surface area contributed by atoms with Gasteiger partial charge in [-0.15, -0.1) is 0 Å². The van der Waals surface area contributed by atoms with E-state index in [1.54, 1.807) is 11.1 Å². The molecular formula is C13H13N3O. The fourth-order valence-corrected chi connectivity index (χ4v) is 2.28. The molecule has 2 N–H and O–H groups in total. The Balaban J connectivity index is 2.14. The Morgan fingerprint density at radius 1 is 1.29 bits per heavy atom. The summed E-state index contributed by atoms with van der Waals surface area (Å²) in [6.45, 7) is 0.590. The highest BCUT2D eigenvalue weighted by molar-refractivity contribution is 6.04. The second-order valence-corrected chi connectivity index (χ2v) is 4.32. The molecule has 0 aliphatic carbocycles. The summed E-state index contributed by atoms with van der Waals surface area (Å²) in [7, 11) is 0. The maximum Gasteiger partial charge on any atom is 0.228 e. The van der Waals surface area contributed by atoms with Gasteiger partial charge in [0.05, 0.1) is 11.2 Å². The number of carbonyl (C=O) groups excluding carboxylic acids is 1. The van der Waals surface area contributed by atoms with Gasteiger partial charge >= 0.3 is 0 Å². The second kappa shape index (κ2) is 3.82. The smallest absolute Gasteiger partial charge is 0.228 e. The topological polar surface area (TPSA) is 59.2 Å². The molecule has 3 rings (SSSR count). The molecule has 17 heavy (non-hydrogen) atoms. The number of benzene rings is 1. The van der Waals surface area contributed by atoms with Gasteiger partial charge in [-0.25, -0.2) is 0 Å². The molecule has 1 amide bonds. The average Bonchev–Trinajstić information content (AvgIpc) is 2.68. The Hall–Kier alpha value is -1.94. The van der Waals surface area contributed by atoms with Crippen molar-refractivity contribution in [1.29, 1.82) is 0 Å². The summed E-state index contributed by atoms with van der Waals surface area (Å²) in [4.78, 5) is 17.9. The Morgan fingerprint density at radius 3 is 2.88 bits per heavy atom. The van der Waals surface area contributed by atoms with Crippen molar-refractivity contribution >= 4 is 22.5 Å². The van der Waals surface area contributed by atoms with Crippen LogP contribution in [-0.2, 0) is 4.79 Å². The molecule has 1 atom stereocenters. The van der Waals surface area contributed by atoms with Gasteiger partial charge in [-0.2, -0.15) is 0 Å². The van der Waals surface area contributed by atoms with E-state index in [4.69, 9.17) is 5.73 Å². The Bertz CT molecular complexity index is 576. The van der Waals surface area contributed by atoms with Crippen LogP contribution in [0.15, 0.2) is 36.5 Å². The zero-order valence-corrected chi connectivity index (χ0v) is 9.34. The fraction of sp³-hybridized carbons (Fsp3) is 0.231. The summed E-state index contributed by atoms with van der Waals surface area (Å²) in [5.74, 6) is 0.0915. The standard InChI is InChI=1S/C13H13N3O/c14-9-7-13(17)16(8-9)12-5-6-15-11-4-2-1-3-10(11)12/h1-6,9H,7-8,14H2. The van der Waals surface area contributed by atoms with Crippen LogP contribution in [0.5, 0.6) is 0 Å². The molecule has 1 aliphatic heterocycles. The molecule has 0 saturated carbocycles. The Labute approximate surface area is 99.0 Å². The SMILES string of the molecule is NC1CC(=O)N(c2ccnc3ccccc23)C1. The number of hydrogen-bond donors (Lipinski definition) is 1. The first-order valence-electron chi connectivity index (χ1n) is 5.65. The van der Waals surface area contributed by atoms with Gasteiger partial charge in [0.25, 0.3) is 0 Å². The maximum absolute atomic E-state index is 11.9. The molecule has 1 aromatic heterocycles.